The van der Waals surface area contributed by atoms with Crippen LogP contribution in [0.1, 0.15) is 84.0 Å². The normalized spacial score (nSPS) is 14.5. The third-order valence-corrected chi connectivity index (χ3v) is 6.91. The number of phenolic OH excluding ortho intramolecular Hbond substituents is 1. The van der Waals surface area contributed by atoms with E-state index in [1.54, 1.807) is 32.9 Å². The van der Waals surface area contributed by atoms with Crippen molar-refractivity contribution in [2.75, 3.05) is 5.32 Å². The summed E-state index contributed by atoms with van der Waals surface area (Å²) < 4.78 is 5.46. The second kappa shape index (κ2) is 13.5. The highest BCUT2D eigenvalue weighted by Gasteiger charge is 2.40. The molecule has 2 rings (SSSR count). The second-order valence-electron chi connectivity index (χ2n) is 11.3. The molecule has 0 radical (unpaired) electrons. The van der Waals surface area contributed by atoms with E-state index in [2.05, 4.69) is 10.6 Å². The molecule has 0 spiro atoms. The van der Waals surface area contributed by atoms with Gasteiger partial charge in [0.2, 0.25) is 5.91 Å². The number of ether oxygens (including phenoxy) is 1. The molecule has 3 amide bonds. The van der Waals surface area contributed by atoms with Crippen LogP contribution in [0.15, 0.2) is 42.5 Å². The van der Waals surface area contributed by atoms with Gasteiger partial charge in [-0.3, -0.25) is 9.59 Å². The van der Waals surface area contributed by atoms with Crippen molar-refractivity contribution >= 4 is 23.6 Å². The fourth-order valence-electron chi connectivity index (χ4n) is 4.41. The van der Waals surface area contributed by atoms with Crippen molar-refractivity contribution in [1.82, 2.24) is 10.2 Å². The topological polar surface area (TPSA) is 108 Å². The summed E-state index contributed by atoms with van der Waals surface area (Å²) in [5.74, 6) is -1.05. The Morgan fingerprint density at radius 1 is 0.974 bits per heavy atom. The first kappa shape index (κ1) is 31.7. The fourth-order valence-corrected chi connectivity index (χ4v) is 4.41. The van der Waals surface area contributed by atoms with E-state index >= 15 is 0 Å². The van der Waals surface area contributed by atoms with Crippen molar-refractivity contribution < 1.29 is 24.2 Å². The molecule has 2 aromatic carbocycles. The van der Waals surface area contributed by atoms with Crippen LogP contribution in [0.2, 0.25) is 0 Å². The maximum Gasteiger partial charge on any atom is 0.408 e. The van der Waals surface area contributed by atoms with Crippen molar-refractivity contribution in [2.45, 2.75) is 98.9 Å². The van der Waals surface area contributed by atoms with E-state index in [0.29, 0.717) is 24.1 Å². The van der Waals surface area contributed by atoms with Crippen molar-refractivity contribution in [3.63, 3.8) is 0 Å². The Labute approximate surface area is 233 Å². The number of benzene rings is 2. The number of carbonyl (C=O) groups is 3. The van der Waals surface area contributed by atoms with Crippen LogP contribution >= 0.6 is 0 Å². The fraction of sp³-hybridized carbons (Fsp3) is 0.516. The van der Waals surface area contributed by atoms with Gasteiger partial charge in [0.05, 0.1) is 0 Å². The molecule has 8 heteroatoms. The first-order valence-electron chi connectivity index (χ1n) is 13.7. The first-order valence-corrected chi connectivity index (χ1v) is 13.7. The molecule has 0 aromatic heterocycles. The van der Waals surface area contributed by atoms with Gasteiger partial charge in [0.25, 0.3) is 5.91 Å². The van der Waals surface area contributed by atoms with Gasteiger partial charge in [0.15, 0.2) is 0 Å². The monoisotopic (exact) mass is 539 g/mol. The van der Waals surface area contributed by atoms with Crippen LogP contribution in [-0.2, 0) is 14.3 Å². The van der Waals surface area contributed by atoms with Crippen LogP contribution in [0.25, 0.3) is 0 Å². The predicted octanol–water partition coefficient (Wildman–Crippen LogP) is 6.26. The SMILES string of the molecule is CCC(C)C(NC(=O)OC(C)(C)C)C(=O)N(C(C)CC)C(C(=O)Nc1c(C)cccc1C)c1cccc(O)c1. The number of anilines is 1. The molecule has 4 atom stereocenters. The number of hydrogen-bond acceptors (Lipinski definition) is 5. The maximum atomic E-state index is 14.3. The van der Waals surface area contributed by atoms with E-state index in [1.807, 2.05) is 59.7 Å². The Hall–Kier alpha value is -3.55. The van der Waals surface area contributed by atoms with Gasteiger partial charge in [0, 0.05) is 11.7 Å². The average molecular weight is 540 g/mol. The van der Waals surface area contributed by atoms with Gasteiger partial charge in [-0.05, 0) is 82.7 Å². The Morgan fingerprint density at radius 2 is 1.56 bits per heavy atom. The van der Waals surface area contributed by atoms with Crippen LogP contribution in [0.3, 0.4) is 0 Å². The third-order valence-electron chi connectivity index (χ3n) is 6.91. The van der Waals surface area contributed by atoms with Crippen molar-refractivity contribution in [1.29, 1.82) is 0 Å². The summed E-state index contributed by atoms with van der Waals surface area (Å²) in [7, 11) is 0. The average Bonchev–Trinajstić information content (AvgIpc) is 2.85. The largest absolute Gasteiger partial charge is 0.508 e. The van der Waals surface area contributed by atoms with E-state index < -0.39 is 35.6 Å². The quantitative estimate of drug-likeness (QED) is 0.330. The van der Waals surface area contributed by atoms with E-state index in [0.717, 1.165) is 11.1 Å². The molecule has 0 bridgehead atoms. The highest BCUT2D eigenvalue weighted by Crippen LogP contribution is 2.31. The third kappa shape index (κ3) is 8.47. The molecule has 3 N–H and O–H groups in total. The predicted molar refractivity (Wildman–Crippen MR) is 155 cm³/mol. The number of hydrogen-bond donors (Lipinski definition) is 3. The number of nitrogens with zero attached hydrogens (tertiary/aromatic N) is 1. The molecule has 39 heavy (non-hydrogen) atoms. The van der Waals surface area contributed by atoms with Crippen LogP contribution < -0.4 is 10.6 Å². The lowest BCUT2D eigenvalue weighted by atomic mass is 9.94. The Bertz CT molecular complexity index is 1140. The van der Waals surface area contributed by atoms with Crippen LogP contribution in [0, 0.1) is 19.8 Å². The minimum atomic E-state index is -1.06. The summed E-state index contributed by atoms with van der Waals surface area (Å²) >= 11 is 0. The van der Waals surface area contributed by atoms with Crippen molar-refractivity contribution in [2.24, 2.45) is 5.92 Å². The number of rotatable bonds is 10. The molecule has 0 heterocycles. The molecule has 214 valence electrons. The van der Waals surface area contributed by atoms with Gasteiger partial charge in [-0.25, -0.2) is 4.79 Å². The minimum absolute atomic E-state index is 0.0146. The molecule has 0 aliphatic rings. The van der Waals surface area contributed by atoms with Gasteiger partial charge in [0.1, 0.15) is 23.4 Å². The lowest BCUT2D eigenvalue weighted by Gasteiger charge is -2.39. The minimum Gasteiger partial charge on any atom is -0.508 e. The van der Waals surface area contributed by atoms with Gasteiger partial charge in [-0.1, -0.05) is 57.5 Å². The van der Waals surface area contributed by atoms with Crippen molar-refractivity contribution in [3.05, 3.63) is 59.2 Å². The van der Waals surface area contributed by atoms with E-state index in [4.69, 9.17) is 4.74 Å². The number of amides is 3. The maximum absolute atomic E-state index is 14.3. The summed E-state index contributed by atoms with van der Waals surface area (Å²) in [5.41, 5.74) is 2.19. The van der Waals surface area contributed by atoms with Crippen LogP contribution in [-0.4, -0.2) is 45.6 Å². The van der Waals surface area contributed by atoms with E-state index in [1.165, 1.54) is 17.0 Å². The Morgan fingerprint density at radius 3 is 2.08 bits per heavy atom. The summed E-state index contributed by atoms with van der Waals surface area (Å²) in [6.07, 6.45) is 0.489. The van der Waals surface area contributed by atoms with Gasteiger partial charge < -0.3 is 25.4 Å². The molecule has 0 fully saturated rings. The second-order valence-corrected chi connectivity index (χ2v) is 11.3. The number of alkyl carbamates (subject to hydrolysis) is 1. The highest BCUT2D eigenvalue weighted by molar-refractivity contribution is 6.00. The van der Waals surface area contributed by atoms with Gasteiger partial charge in [-0.15, -0.1) is 0 Å². The molecule has 0 saturated heterocycles. The molecule has 8 nitrogen and oxygen atoms in total. The first-order chi connectivity index (χ1) is 18.2. The zero-order chi connectivity index (χ0) is 29.5. The lowest BCUT2D eigenvalue weighted by Crippen LogP contribution is -2.56. The summed E-state index contributed by atoms with van der Waals surface area (Å²) in [6.45, 7) is 16.7. The Kier molecular flexibility index (Phi) is 11.0. The molecule has 4 unspecified atom stereocenters. The van der Waals surface area contributed by atoms with Gasteiger partial charge in [-0.2, -0.15) is 0 Å². The molecule has 0 saturated carbocycles. The zero-order valence-electron chi connectivity index (χ0n) is 24.8. The Balaban J connectivity index is 2.63. The summed E-state index contributed by atoms with van der Waals surface area (Å²) in [4.78, 5) is 42.7. The van der Waals surface area contributed by atoms with E-state index in [-0.39, 0.29) is 17.7 Å². The number of aryl methyl sites for hydroxylation is 2. The highest BCUT2D eigenvalue weighted by atomic mass is 16.6. The molecule has 0 aliphatic carbocycles. The smallest absolute Gasteiger partial charge is 0.408 e. The summed E-state index contributed by atoms with van der Waals surface area (Å²) in [6, 6.07) is 9.77. The number of carbonyl (C=O) groups excluding carboxylic acids is 3. The van der Waals surface area contributed by atoms with Crippen molar-refractivity contribution in [3.8, 4) is 5.75 Å². The lowest BCUT2D eigenvalue weighted by molar-refractivity contribution is -0.144. The number of nitrogens with one attached hydrogen (secondary N) is 2. The molecule has 0 aliphatic heterocycles. The summed E-state index contributed by atoms with van der Waals surface area (Å²) in [5, 5.41) is 16.1. The standard InChI is InChI=1S/C31H45N3O5/c1-10-19(3)26(33-30(38)39-31(7,8)9)29(37)34(22(6)11-2)27(23-16-13-17-24(35)18-23)28(36)32-25-20(4)14-12-15-21(25)5/h12-19,22,26-27,35H,10-11H2,1-9H3,(H,32,36)(H,33,38). The molecular weight excluding hydrogens is 494 g/mol. The number of aromatic hydroxyl groups is 1. The van der Waals surface area contributed by atoms with Crippen LogP contribution in [0.5, 0.6) is 5.75 Å². The number of para-hydroxylation sites is 1. The van der Waals surface area contributed by atoms with E-state index in [9.17, 15) is 19.5 Å². The zero-order valence-corrected chi connectivity index (χ0v) is 24.8. The van der Waals surface area contributed by atoms with Gasteiger partial charge >= 0.3 is 6.09 Å². The number of phenols is 1. The molecular formula is C31H45N3O5. The van der Waals surface area contributed by atoms with Crippen LogP contribution in [0.4, 0.5) is 10.5 Å². The molecule has 2 aromatic rings.